The Labute approximate surface area is 151 Å². The first kappa shape index (κ1) is 17.8. The van der Waals surface area contributed by atoms with E-state index in [9.17, 15) is 8.78 Å². The number of hydrogen-bond acceptors (Lipinski definition) is 4. The quantitative estimate of drug-likeness (QED) is 0.683. The van der Waals surface area contributed by atoms with Gasteiger partial charge in [-0.15, -0.1) is 0 Å². The van der Waals surface area contributed by atoms with Crippen LogP contribution in [0.15, 0.2) is 60.8 Å². The van der Waals surface area contributed by atoms with Gasteiger partial charge in [0.2, 0.25) is 5.95 Å². The van der Waals surface area contributed by atoms with Crippen molar-refractivity contribution in [3.8, 4) is 0 Å². The monoisotopic (exact) mass is 354 g/mol. The molecule has 0 spiro atoms. The van der Waals surface area contributed by atoms with E-state index in [0.717, 1.165) is 18.0 Å². The summed E-state index contributed by atoms with van der Waals surface area (Å²) in [4.78, 5) is 10.8. The summed E-state index contributed by atoms with van der Waals surface area (Å²) in [6.45, 7) is 4.89. The van der Waals surface area contributed by atoms with Crippen LogP contribution in [0.25, 0.3) is 0 Å². The van der Waals surface area contributed by atoms with Crippen molar-refractivity contribution in [3.05, 3.63) is 78.0 Å². The van der Waals surface area contributed by atoms with Gasteiger partial charge in [-0.2, -0.15) is 4.98 Å². The standard InChI is InChI=1S/C20H20F2N4/c1-14(2)26(13-15-6-4-3-5-7-15)19-10-11-23-20(25-19)24-16-8-9-17(21)18(22)12-16/h3-12,14H,13H2,1-2H3,(H,23,24,25). The van der Waals surface area contributed by atoms with E-state index in [-0.39, 0.29) is 6.04 Å². The number of halogens is 2. The Hall–Kier alpha value is -3.02. The van der Waals surface area contributed by atoms with E-state index < -0.39 is 11.6 Å². The molecule has 1 heterocycles. The SMILES string of the molecule is CC(C)N(Cc1ccccc1)c1ccnc(Nc2ccc(F)c(F)c2)n1. The fourth-order valence-corrected chi connectivity index (χ4v) is 2.58. The first-order valence-corrected chi connectivity index (χ1v) is 8.38. The number of hydrogen-bond donors (Lipinski definition) is 1. The number of nitrogens with zero attached hydrogens (tertiary/aromatic N) is 3. The van der Waals surface area contributed by atoms with Crippen LogP contribution in [-0.4, -0.2) is 16.0 Å². The molecule has 6 heteroatoms. The predicted octanol–water partition coefficient (Wildman–Crippen LogP) is 4.91. The average molecular weight is 354 g/mol. The molecule has 0 radical (unpaired) electrons. The lowest BCUT2D eigenvalue weighted by Gasteiger charge is -2.28. The average Bonchev–Trinajstić information content (AvgIpc) is 2.64. The van der Waals surface area contributed by atoms with Crippen LogP contribution < -0.4 is 10.2 Å². The molecule has 0 atom stereocenters. The fourth-order valence-electron chi connectivity index (χ4n) is 2.58. The summed E-state index contributed by atoms with van der Waals surface area (Å²) in [5, 5.41) is 2.91. The Bertz CT molecular complexity index is 869. The number of aromatic nitrogens is 2. The summed E-state index contributed by atoms with van der Waals surface area (Å²) >= 11 is 0. The first-order chi connectivity index (χ1) is 12.5. The summed E-state index contributed by atoms with van der Waals surface area (Å²) in [7, 11) is 0. The maximum atomic E-state index is 13.4. The molecule has 0 bridgehead atoms. The first-order valence-electron chi connectivity index (χ1n) is 8.38. The second-order valence-corrected chi connectivity index (χ2v) is 6.20. The van der Waals surface area contributed by atoms with Crippen LogP contribution in [0.5, 0.6) is 0 Å². The highest BCUT2D eigenvalue weighted by atomic mass is 19.2. The van der Waals surface area contributed by atoms with Gasteiger partial charge < -0.3 is 10.2 Å². The Balaban J connectivity index is 1.82. The number of anilines is 3. The highest BCUT2D eigenvalue weighted by Gasteiger charge is 2.14. The Kier molecular flexibility index (Phi) is 5.41. The van der Waals surface area contributed by atoms with E-state index in [0.29, 0.717) is 18.2 Å². The maximum absolute atomic E-state index is 13.4. The van der Waals surface area contributed by atoms with Crippen LogP contribution in [0.2, 0.25) is 0 Å². The van der Waals surface area contributed by atoms with E-state index in [1.54, 1.807) is 6.20 Å². The lowest BCUT2D eigenvalue weighted by atomic mass is 10.2. The van der Waals surface area contributed by atoms with E-state index in [1.807, 2.05) is 24.3 Å². The van der Waals surface area contributed by atoms with Gasteiger partial charge >= 0.3 is 0 Å². The molecule has 0 aliphatic rings. The molecule has 2 aromatic carbocycles. The Morgan fingerprint density at radius 3 is 2.46 bits per heavy atom. The number of benzene rings is 2. The van der Waals surface area contributed by atoms with Crippen molar-refractivity contribution >= 4 is 17.5 Å². The number of nitrogens with one attached hydrogen (secondary N) is 1. The van der Waals surface area contributed by atoms with Gasteiger partial charge in [0.05, 0.1) is 0 Å². The van der Waals surface area contributed by atoms with Crippen LogP contribution >= 0.6 is 0 Å². The van der Waals surface area contributed by atoms with Gasteiger partial charge in [-0.25, -0.2) is 13.8 Å². The van der Waals surface area contributed by atoms with Crippen molar-refractivity contribution < 1.29 is 8.78 Å². The highest BCUT2D eigenvalue weighted by molar-refractivity contribution is 5.55. The third-order valence-electron chi connectivity index (χ3n) is 3.93. The smallest absolute Gasteiger partial charge is 0.229 e. The van der Waals surface area contributed by atoms with E-state index in [4.69, 9.17) is 0 Å². The fraction of sp³-hybridized carbons (Fsp3) is 0.200. The van der Waals surface area contributed by atoms with Crippen molar-refractivity contribution in [3.63, 3.8) is 0 Å². The second kappa shape index (κ2) is 7.91. The Morgan fingerprint density at radius 1 is 1.00 bits per heavy atom. The van der Waals surface area contributed by atoms with E-state index in [2.05, 4.69) is 46.2 Å². The molecule has 0 saturated heterocycles. The molecule has 0 fully saturated rings. The molecule has 0 amide bonds. The molecule has 4 nitrogen and oxygen atoms in total. The number of rotatable bonds is 6. The lowest BCUT2D eigenvalue weighted by molar-refractivity contribution is 0.509. The van der Waals surface area contributed by atoms with Crippen LogP contribution in [0, 0.1) is 11.6 Å². The molecule has 0 aliphatic carbocycles. The van der Waals surface area contributed by atoms with Crippen molar-refractivity contribution in [2.45, 2.75) is 26.4 Å². The summed E-state index contributed by atoms with van der Waals surface area (Å²) in [6.07, 6.45) is 1.64. The van der Waals surface area contributed by atoms with Gasteiger partial charge in [0, 0.05) is 30.5 Å². The topological polar surface area (TPSA) is 41.1 Å². The molecular weight excluding hydrogens is 334 g/mol. The predicted molar refractivity (Wildman–Crippen MR) is 99.4 cm³/mol. The molecule has 0 unspecified atom stereocenters. The normalized spacial score (nSPS) is 10.8. The maximum Gasteiger partial charge on any atom is 0.229 e. The highest BCUT2D eigenvalue weighted by Crippen LogP contribution is 2.21. The van der Waals surface area contributed by atoms with Gasteiger partial charge in [-0.3, -0.25) is 0 Å². The van der Waals surface area contributed by atoms with Gasteiger partial charge in [-0.05, 0) is 37.6 Å². The third kappa shape index (κ3) is 4.33. The third-order valence-corrected chi connectivity index (χ3v) is 3.93. The summed E-state index contributed by atoms with van der Waals surface area (Å²) in [5.41, 5.74) is 1.56. The molecule has 0 aliphatic heterocycles. The van der Waals surface area contributed by atoms with Crippen LogP contribution in [0.3, 0.4) is 0 Å². The minimum Gasteiger partial charge on any atom is -0.350 e. The minimum absolute atomic E-state index is 0.223. The molecule has 134 valence electrons. The van der Waals surface area contributed by atoms with Crippen LogP contribution in [0.1, 0.15) is 19.4 Å². The minimum atomic E-state index is -0.918. The molecule has 3 rings (SSSR count). The van der Waals surface area contributed by atoms with Crippen molar-refractivity contribution in [1.82, 2.24) is 9.97 Å². The summed E-state index contributed by atoms with van der Waals surface area (Å²) in [6, 6.07) is 15.8. The summed E-state index contributed by atoms with van der Waals surface area (Å²) < 4.78 is 26.4. The molecule has 1 N–H and O–H groups in total. The van der Waals surface area contributed by atoms with Crippen molar-refractivity contribution in [2.24, 2.45) is 0 Å². The van der Waals surface area contributed by atoms with E-state index in [1.165, 1.54) is 11.6 Å². The zero-order valence-corrected chi connectivity index (χ0v) is 14.7. The van der Waals surface area contributed by atoms with Crippen molar-refractivity contribution in [2.75, 3.05) is 10.2 Å². The molecular formula is C20H20F2N4. The van der Waals surface area contributed by atoms with Crippen molar-refractivity contribution in [1.29, 1.82) is 0 Å². The zero-order valence-electron chi connectivity index (χ0n) is 14.7. The second-order valence-electron chi connectivity index (χ2n) is 6.20. The van der Waals surface area contributed by atoms with Gasteiger partial charge in [0.1, 0.15) is 5.82 Å². The molecule has 1 aromatic heterocycles. The molecule has 0 saturated carbocycles. The van der Waals surface area contributed by atoms with Gasteiger partial charge in [0.15, 0.2) is 11.6 Å². The molecule has 3 aromatic rings. The molecule has 26 heavy (non-hydrogen) atoms. The van der Waals surface area contributed by atoms with Crippen LogP contribution in [-0.2, 0) is 6.54 Å². The van der Waals surface area contributed by atoms with Crippen LogP contribution in [0.4, 0.5) is 26.2 Å². The van der Waals surface area contributed by atoms with Gasteiger partial charge in [0.25, 0.3) is 0 Å². The van der Waals surface area contributed by atoms with Gasteiger partial charge in [-0.1, -0.05) is 30.3 Å². The zero-order chi connectivity index (χ0) is 18.5. The summed E-state index contributed by atoms with van der Waals surface area (Å²) in [5.74, 6) is -0.728. The largest absolute Gasteiger partial charge is 0.350 e. The lowest BCUT2D eigenvalue weighted by Crippen LogP contribution is -2.31. The Morgan fingerprint density at radius 2 is 1.77 bits per heavy atom. The van der Waals surface area contributed by atoms with E-state index >= 15 is 0 Å².